The summed E-state index contributed by atoms with van der Waals surface area (Å²) in [5.41, 5.74) is 3.09. The van der Waals surface area contributed by atoms with Crippen molar-refractivity contribution in [3.8, 4) is 0 Å². The normalized spacial score (nSPS) is 11.5. The van der Waals surface area contributed by atoms with Crippen molar-refractivity contribution in [2.75, 3.05) is 0 Å². The molecule has 0 amide bonds. The number of benzene rings is 1. The quantitative estimate of drug-likeness (QED) is 0.606. The Bertz CT molecular complexity index is 752. The van der Waals surface area contributed by atoms with Crippen LogP contribution in [0.5, 0.6) is 0 Å². The van der Waals surface area contributed by atoms with E-state index in [1.165, 1.54) is 5.56 Å². The highest BCUT2D eigenvalue weighted by Crippen LogP contribution is 2.32. The largest absolute Gasteiger partial charge is 0.274 e. The molecule has 0 aliphatic carbocycles. The van der Waals surface area contributed by atoms with Crippen molar-refractivity contribution in [3.63, 3.8) is 0 Å². The molecule has 0 saturated carbocycles. The van der Waals surface area contributed by atoms with Gasteiger partial charge in [0.05, 0.1) is 10.5 Å². The third-order valence-corrected chi connectivity index (χ3v) is 3.84. The Kier molecular flexibility index (Phi) is 2.10. The topological polar surface area (TPSA) is 34.9 Å². The van der Waals surface area contributed by atoms with Gasteiger partial charge in [0.15, 0.2) is 0 Å². The summed E-state index contributed by atoms with van der Waals surface area (Å²) >= 11 is 1.57. The lowest BCUT2D eigenvalue weighted by atomic mass is 10.2. The SMILES string of the molecule is CC(=O)n1c2ccc(C)cc2c2nc(C)sc21. The van der Waals surface area contributed by atoms with E-state index in [1.54, 1.807) is 22.8 Å². The van der Waals surface area contributed by atoms with Crippen LogP contribution in [0.2, 0.25) is 0 Å². The molecule has 0 aliphatic heterocycles. The molecule has 0 fully saturated rings. The molecule has 0 spiro atoms. The van der Waals surface area contributed by atoms with Crippen molar-refractivity contribution >= 4 is 38.5 Å². The molecule has 3 aromatic rings. The first kappa shape index (κ1) is 10.5. The van der Waals surface area contributed by atoms with Crippen LogP contribution < -0.4 is 0 Å². The van der Waals surface area contributed by atoms with Gasteiger partial charge in [0.2, 0.25) is 5.91 Å². The highest BCUT2D eigenvalue weighted by Gasteiger charge is 2.16. The number of hydrogen-bond donors (Lipinski definition) is 0. The standard InChI is InChI=1S/C13H12N2OS/c1-7-4-5-11-10(6-7)12-13(15(11)9(3)16)17-8(2)14-12/h4-6H,1-3H3. The minimum Gasteiger partial charge on any atom is -0.274 e. The van der Waals surface area contributed by atoms with Crippen LogP contribution in [0.15, 0.2) is 18.2 Å². The molecule has 0 unspecified atom stereocenters. The molecule has 3 rings (SSSR count). The second-order valence-electron chi connectivity index (χ2n) is 4.26. The molecule has 0 aliphatic rings. The van der Waals surface area contributed by atoms with E-state index in [2.05, 4.69) is 18.0 Å². The van der Waals surface area contributed by atoms with Crippen molar-refractivity contribution in [1.82, 2.24) is 9.55 Å². The van der Waals surface area contributed by atoms with Crippen LogP contribution in [0.4, 0.5) is 0 Å². The van der Waals surface area contributed by atoms with Crippen LogP contribution in [0, 0.1) is 13.8 Å². The molecular formula is C13H12N2OS. The van der Waals surface area contributed by atoms with Crippen molar-refractivity contribution in [3.05, 3.63) is 28.8 Å². The van der Waals surface area contributed by atoms with E-state index in [0.29, 0.717) is 0 Å². The van der Waals surface area contributed by atoms with Gasteiger partial charge in [0, 0.05) is 12.3 Å². The maximum absolute atomic E-state index is 11.8. The molecule has 3 nitrogen and oxygen atoms in total. The fourth-order valence-corrected chi connectivity index (χ4v) is 3.19. The Morgan fingerprint density at radius 2 is 2.12 bits per heavy atom. The molecule has 4 heteroatoms. The van der Waals surface area contributed by atoms with Gasteiger partial charge in [-0.2, -0.15) is 0 Å². The fraction of sp³-hybridized carbons (Fsp3) is 0.231. The number of thiazole rings is 1. The van der Waals surface area contributed by atoms with Gasteiger partial charge in [-0.1, -0.05) is 11.6 Å². The lowest BCUT2D eigenvalue weighted by Crippen LogP contribution is -2.03. The highest BCUT2D eigenvalue weighted by atomic mass is 32.1. The van der Waals surface area contributed by atoms with Crippen molar-refractivity contribution in [2.24, 2.45) is 0 Å². The van der Waals surface area contributed by atoms with Crippen LogP contribution in [0.1, 0.15) is 22.3 Å². The lowest BCUT2D eigenvalue weighted by molar-refractivity contribution is 0.0947. The molecule has 2 aromatic heterocycles. The second kappa shape index (κ2) is 3.40. The molecule has 17 heavy (non-hydrogen) atoms. The number of carbonyl (C=O) groups excluding carboxylic acids is 1. The number of hydrogen-bond acceptors (Lipinski definition) is 3. The molecule has 0 atom stereocenters. The van der Waals surface area contributed by atoms with Crippen LogP contribution in [-0.2, 0) is 0 Å². The molecule has 86 valence electrons. The smallest absolute Gasteiger partial charge is 0.229 e. The molecule has 0 saturated heterocycles. The Balaban J connectivity index is 2.59. The number of aryl methyl sites for hydroxylation is 2. The van der Waals surface area contributed by atoms with Crippen LogP contribution >= 0.6 is 11.3 Å². The zero-order chi connectivity index (χ0) is 12.2. The molecule has 1 aromatic carbocycles. The second-order valence-corrected chi connectivity index (χ2v) is 5.44. The summed E-state index contributed by atoms with van der Waals surface area (Å²) in [7, 11) is 0. The highest BCUT2D eigenvalue weighted by molar-refractivity contribution is 7.18. The predicted molar refractivity (Wildman–Crippen MR) is 70.9 cm³/mol. The zero-order valence-electron chi connectivity index (χ0n) is 9.94. The third-order valence-electron chi connectivity index (χ3n) is 2.88. The summed E-state index contributed by atoms with van der Waals surface area (Å²) in [5, 5.41) is 2.06. The number of nitrogens with zero attached hydrogens (tertiary/aromatic N) is 2. The predicted octanol–water partition coefficient (Wildman–Crippen LogP) is 3.53. The number of fused-ring (bicyclic) bond motifs is 3. The van der Waals surface area contributed by atoms with E-state index in [9.17, 15) is 4.79 Å². The summed E-state index contributed by atoms with van der Waals surface area (Å²) in [6.45, 7) is 5.61. The first-order valence-electron chi connectivity index (χ1n) is 5.47. The Morgan fingerprint density at radius 3 is 2.82 bits per heavy atom. The van der Waals surface area contributed by atoms with Crippen LogP contribution in [0.3, 0.4) is 0 Å². The van der Waals surface area contributed by atoms with Crippen LogP contribution in [-0.4, -0.2) is 15.5 Å². The maximum Gasteiger partial charge on any atom is 0.229 e. The van der Waals surface area contributed by atoms with E-state index in [-0.39, 0.29) is 5.91 Å². The fourth-order valence-electron chi connectivity index (χ4n) is 2.20. The average Bonchev–Trinajstić information content (AvgIpc) is 2.73. The van der Waals surface area contributed by atoms with Gasteiger partial charge in [-0.05, 0) is 26.0 Å². The lowest BCUT2D eigenvalue weighted by Gasteiger charge is -2.00. The summed E-state index contributed by atoms with van der Waals surface area (Å²) < 4.78 is 1.76. The van der Waals surface area contributed by atoms with Gasteiger partial charge >= 0.3 is 0 Å². The summed E-state index contributed by atoms with van der Waals surface area (Å²) in [4.78, 5) is 17.3. The number of aromatic nitrogens is 2. The van der Waals surface area contributed by atoms with E-state index in [0.717, 1.165) is 26.3 Å². The molecule has 0 radical (unpaired) electrons. The summed E-state index contributed by atoms with van der Waals surface area (Å²) in [5.74, 6) is 0.0394. The first-order chi connectivity index (χ1) is 8.08. The number of carbonyl (C=O) groups is 1. The van der Waals surface area contributed by atoms with Crippen molar-refractivity contribution < 1.29 is 4.79 Å². The van der Waals surface area contributed by atoms with Gasteiger partial charge in [0.25, 0.3) is 0 Å². The van der Waals surface area contributed by atoms with E-state index >= 15 is 0 Å². The van der Waals surface area contributed by atoms with Gasteiger partial charge in [0.1, 0.15) is 10.3 Å². The summed E-state index contributed by atoms with van der Waals surface area (Å²) in [6, 6.07) is 6.12. The van der Waals surface area contributed by atoms with E-state index in [4.69, 9.17) is 0 Å². The average molecular weight is 244 g/mol. The van der Waals surface area contributed by atoms with Gasteiger partial charge in [-0.25, -0.2) is 4.98 Å². The van der Waals surface area contributed by atoms with E-state index in [1.807, 2.05) is 19.1 Å². The Hall–Kier alpha value is -1.68. The van der Waals surface area contributed by atoms with Crippen LogP contribution in [0.25, 0.3) is 21.3 Å². The minimum absolute atomic E-state index is 0.0394. The molecular weight excluding hydrogens is 232 g/mol. The Labute approximate surface area is 103 Å². The molecule has 0 bridgehead atoms. The minimum atomic E-state index is 0.0394. The maximum atomic E-state index is 11.8. The zero-order valence-corrected chi connectivity index (χ0v) is 10.8. The van der Waals surface area contributed by atoms with Gasteiger partial charge in [-0.15, -0.1) is 11.3 Å². The first-order valence-corrected chi connectivity index (χ1v) is 6.28. The molecule has 2 heterocycles. The summed E-state index contributed by atoms with van der Waals surface area (Å²) in [6.07, 6.45) is 0. The van der Waals surface area contributed by atoms with Crippen molar-refractivity contribution in [2.45, 2.75) is 20.8 Å². The van der Waals surface area contributed by atoms with Crippen molar-refractivity contribution in [1.29, 1.82) is 0 Å². The molecule has 0 N–H and O–H groups in total. The Morgan fingerprint density at radius 1 is 1.35 bits per heavy atom. The third kappa shape index (κ3) is 1.41. The number of rotatable bonds is 0. The van der Waals surface area contributed by atoms with Gasteiger partial charge in [-0.3, -0.25) is 9.36 Å². The monoisotopic (exact) mass is 244 g/mol. The van der Waals surface area contributed by atoms with E-state index < -0.39 is 0 Å². The van der Waals surface area contributed by atoms with Gasteiger partial charge < -0.3 is 0 Å².